The Morgan fingerprint density at radius 1 is 1.15 bits per heavy atom. The Labute approximate surface area is 201 Å². The number of likely N-dealkylation sites (tertiary alicyclic amines) is 1. The first-order chi connectivity index (χ1) is 15.3. The largest absolute Gasteiger partial charge is 0.416 e. The van der Waals surface area contributed by atoms with Crippen LogP contribution in [0.3, 0.4) is 0 Å². The molecule has 2 aliphatic rings. The van der Waals surface area contributed by atoms with Crippen molar-refractivity contribution >= 4 is 23.7 Å². The van der Waals surface area contributed by atoms with Crippen molar-refractivity contribution in [3.05, 3.63) is 52.4 Å². The van der Waals surface area contributed by atoms with E-state index in [9.17, 15) is 13.2 Å². The van der Waals surface area contributed by atoms with E-state index in [2.05, 4.69) is 24.6 Å². The second kappa shape index (κ2) is 9.00. The summed E-state index contributed by atoms with van der Waals surface area (Å²) in [5.74, 6) is 2.42. The lowest BCUT2D eigenvalue weighted by Gasteiger charge is -2.21. The third-order valence-corrected chi connectivity index (χ3v) is 7.84. The van der Waals surface area contributed by atoms with E-state index < -0.39 is 11.7 Å². The van der Waals surface area contributed by atoms with Gasteiger partial charge in [0.25, 0.3) is 0 Å². The Balaban J connectivity index is 0.00000259. The summed E-state index contributed by atoms with van der Waals surface area (Å²) in [5, 5.41) is 9.72. The van der Waals surface area contributed by atoms with Crippen molar-refractivity contribution in [2.75, 3.05) is 19.6 Å². The van der Waals surface area contributed by atoms with Crippen molar-refractivity contribution in [1.29, 1.82) is 0 Å². The molecule has 3 heterocycles. The number of rotatable bonds is 7. The van der Waals surface area contributed by atoms with E-state index in [1.54, 1.807) is 23.5 Å². The molecule has 2 atom stereocenters. The summed E-state index contributed by atoms with van der Waals surface area (Å²) >= 11 is 1.62. The van der Waals surface area contributed by atoms with Gasteiger partial charge >= 0.3 is 6.18 Å². The van der Waals surface area contributed by atoms with Crippen molar-refractivity contribution in [2.45, 2.75) is 44.2 Å². The van der Waals surface area contributed by atoms with Gasteiger partial charge < -0.3 is 9.47 Å². The van der Waals surface area contributed by atoms with Gasteiger partial charge in [0.15, 0.2) is 5.82 Å². The van der Waals surface area contributed by atoms with Gasteiger partial charge in [0.05, 0.1) is 15.4 Å². The van der Waals surface area contributed by atoms with Crippen molar-refractivity contribution < 1.29 is 13.2 Å². The average Bonchev–Trinajstić information content (AvgIpc) is 3.06. The molecule has 0 amide bonds. The third kappa shape index (κ3) is 4.68. The first kappa shape index (κ1) is 24.2. The topological polar surface area (TPSA) is 46.8 Å². The van der Waals surface area contributed by atoms with Crippen LogP contribution in [0.2, 0.25) is 0 Å². The van der Waals surface area contributed by atoms with E-state index in [0.717, 1.165) is 72.4 Å². The number of hydrogen-bond acceptors (Lipinski definition) is 5. The molecule has 10 heteroatoms. The van der Waals surface area contributed by atoms with E-state index in [1.165, 1.54) is 12.1 Å². The highest BCUT2D eigenvalue weighted by Gasteiger charge is 2.60. The normalized spacial score (nSPS) is 22.3. The summed E-state index contributed by atoms with van der Waals surface area (Å²) in [5.41, 5.74) is 0.556. The van der Waals surface area contributed by atoms with Crippen LogP contribution in [-0.4, -0.2) is 44.3 Å². The summed E-state index contributed by atoms with van der Waals surface area (Å²) < 4.78 is 40.6. The highest BCUT2D eigenvalue weighted by atomic mass is 35.5. The molecule has 178 valence electrons. The van der Waals surface area contributed by atoms with Crippen LogP contribution in [0.15, 0.2) is 30.5 Å². The van der Waals surface area contributed by atoms with Gasteiger partial charge in [0, 0.05) is 38.2 Å². The standard InChI is InChI=1S/C23H26F3N5S.ClH/c1-15-27-12-19(32-15)21-29-28-20(30(21)2)5-3-4-10-31-13-18-11-22(18,14-31)16-6-8-17(9-7-16)23(24,25)26;/h6-9,12,18H,3-5,10-11,13-14H2,1-2H3;1H/t18-,22+;/m0./s1. The van der Waals surface area contributed by atoms with Gasteiger partial charge in [-0.2, -0.15) is 13.2 Å². The van der Waals surface area contributed by atoms with Crippen LogP contribution < -0.4 is 0 Å². The average molecular weight is 498 g/mol. The molecular weight excluding hydrogens is 471 g/mol. The Kier molecular flexibility index (Phi) is 6.59. The van der Waals surface area contributed by atoms with Crippen molar-refractivity contribution in [2.24, 2.45) is 13.0 Å². The predicted octanol–water partition coefficient (Wildman–Crippen LogP) is 5.28. The maximum atomic E-state index is 12.9. The van der Waals surface area contributed by atoms with E-state index in [1.807, 2.05) is 20.2 Å². The molecule has 33 heavy (non-hydrogen) atoms. The molecule has 1 saturated heterocycles. The van der Waals surface area contributed by atoms with Crippen molar-refractivity contribution in [3.63, 3.8) is 0 Å². The molecule has 0 bridgehead atoms. The number of hydrogen-bond donors (Lipinski definition) is 0. The number of aryl methyl sites for hydroxylation is 2. The number of benzene rings is 1. The molecule has 0 unspecified atom stereocenters. The van der Waals surface area contributed by atoms with E-state index in [4.69, 9.17) is 0 Å². The summed E-state index contributed by atoms with van der Waals surface area (Å²) in [6, 6.07) is 5.82. The number of thiazole rings is 1. The van der Waals surface area contributed by atoms with Gasteiger partial charge in [0.2, 0.25) is 0 Å². The maximum absolute atomic E-state index is 12.9. The Morgan fingerprint density at radius 2 is 1.91 bits per heavy atom. The maximum Gasteiger partial charge on any atom is 0.416 e. The van der Waals surface area contributed by atoms with Gasteiger partial charge in [-0.3, -0.25) is 0 Å². The lowest BCUT2D eigenvalue weighted by molar-refractivity contribution is -0.137. The fourth-order valence-electron chi connectivity index (χ4n) is 5.07. The minimum Gasteiger partial charge on any atom is -0.313 e. The fourth-order valence-corrected chi connectivity index (χ4v) is 5.87. The summed E-state index contributed by atoms with van der Waals surface area (Å²) in [6.07, 6.45) is 1.64. The molecule has 5 rings (SSSR count). The molecule has 3 aromatic rings. The molecule has 0 spiro atoms. The lowest BCUT2D eigenvalue weighted by Crippen LogP contribution is -2.27. The number of unbranched alkanes of at least 4 members (excludes halogenated alkanes) is 1. The fraction of sp³-hybridized carbons (Fsp3) is 0.522. The molecule has 2 aromatic heterocycles. The van der Waals surface area contributed by atoms with E-state index in [0.29, 0.717) is 5.92 Å². The minimum atomic E-state index is -4.27. The molecule has 1 aliphatic heterocycles. The monoisotopic (exact) mass is 497 g/mol. The first-order valence-electron chi connectivity index (χ1n) is 11.0. The van der Waals surface area contributed by atoms with Crippen molar-refractivity contribution in [3.8, 4) is 10.7 Å². The van der Waals surface area contributed by atoms with Crippen LogP contribution in [0.25, 0.3) is 10.7 Å². The zero-order chi connectivity index (χ0) is 22.5. The van der Waals surface area contributed by atoms with E-state index in [-0.39, 0.29) is 17.8 Å². The molecule has 1 aliphatic carbocycles. The van der Waals surface area contributed by atoms with Gasteiger partial charge in [-0.05, 0) is 56.3 Å². The Bertz CT molecular complexity index is 1110. The molecule has 5 nitrogen and oxygen atoms in total. The molecule has 0 N–H and O–H groups in total. The smallest absolute Gasteiger partial charge is 0.313 e. The molecular formula is C23H27ClF3N5S. The lowest BCUT2D eigenvalue weighted by atomic mass is 9.94. The zero-order valence-corrected chi connectivity index (χ0v) is 20.2. The number of fused-ring (bicyclic) bond motifs is 1. The van der Waals surface area contributed by atoms with Crippen LogP contribution in [0.5, 0.6) is 0 Å². The summed E-state index contributed by atoms with van der Waals surface area (Å²) in [4.78, 5) is 7.80. The number of nitrogens with zero attached hydrogens (tertiary/aromatic N) is 5. The van der Waals surface area contributed by atoms with Crippen LogP contribution in [0.4, 0.5) is 13.2 Å². The predicted molar refractivity (Wildman–Crippen MR) is 125 cm³/mol. The highest BCUT2D eigenvalue weighted by Crippen LogP contribution is 2.59. The Morgan fingerprint density at radius 3 is 2.58 bits per heavy atom. The molecule has 1 aromatic carbocycles. The number of halogens is 4. The molecule has 0 radical (unpaired) electrons. The van der Waals surface area contributed by atoms with Crippen LogP contribution in [0.1, 0.15) is 41.2 Å². The SMILES string of the molecule is Cc1ncc(-c2nnc(CCCCN3C[C@@H]4C[C@]4(c4ccc(C(F)(F)F)cc4)C3)n2C)s1.Cl. The zero-order valence-electron chi connectivity index (χ0n) is 18.6. The van der Waals surface area contributed by atoms with Gasteiger partial charge in [0.1, 0.15) is 5.82 Å². The van der Waals surface area contributed by atoms with Crippen LogP contribution in [-0.2, 0) is 25.1 Å². The Hall–Kier alpha value is -1.97. The van der Waals surface area contributed by atoms with Crippen molar-refractivity contribution in [1.82, 2.24) is 24.6 Å². The third-order valence-electron chi connectivity index (χ3n) is 6.93. The number of aromatic nitrogens is 4. The van der Waals surface area contributed by atoms with Gasteiger partial charge in [-0.1, -0.05) is 12.1 Å². The van der Waals surface area contributed by atoms with Crippen LogP contribution in [0, 0.1) is 12.8 Å². The minimum absolute atomic E-state index is 0. The van der Waals surface area contributed by atoms with Gasteiger partial charge in [-0.25, -0.2) is 4.98 Å². The first-order valence-corrected chi connectivity index (χ1v) is 11.8. The van der Waals surface area contributed by atoms with Gasteiger partial charge in [-0.15, -0.1) is 33.9 Å². The second-order valence-corrected chi connectivity index (χ2v) is 10.3. The molecule has 1 saturated carbocycles. The number of alkyl halides is 3. The second-order valence-electron chi connectivity index (χ2n) is 9.07. The summed E-state index contributed by atoms with van der Waals surface area (Å²) in [6.45, 7) is 4.98. The number of piperidine rings is 1. The van der Waals surface area contributed by atoms with Crippen LogP contribution >= 0.6 is 23.7 Å². The quantitative estimate of drug-likeness (QED) is 0.416. The molecule has 2 fully saturated rings. The highest BCUT2D eigenvalue weighted by molar-refractivity contribution is 7.14. The summed E-state index contributed by atoms with van der Waals surface area (Å²) in [7, 11) is 2.00. The van der Waals surface area contributed by atoms with E-state index >= 15 is 0 Å².